The molecule has 0 unspecified atom stereocenters. The highest BCUT2D eigenvalue weighted by atomic mass is 16.2. The summed E-state index contributed by atoms with van der Waals surface area (Å²) in [5, 5.41) is 6.96. The molecule has 0 aliphatic carbocycles. The first-order valence-electron chi connectivity index (χ1n) is 7.06. The maximum atomic E-state index is 12.2. The van der Waals surface area contributed by atoms with Gasteiger partial charge in [-0.3, -0.25) is 19.7 Å². The lowest BCUT2D eigenvalue weighted by Gasteiger charge is -2.24. The Morgan fingerprint density at radius 1 is 1.05 bits per heavy atom. The van der Waals surface area contributed by atoms with Gasteiger partial charge in [-0.2, -0.15) is 0 Å². The van der Waals surface area contributed by atoms with Crippen LogP contribution < -0.4 is 27.4 Å². The van der Waals surface area contributed by atoms with Gasteiger partial charge in [-0.15, -0.1) is 0 Å². The molecule has 0 aromatic rings. The highest BCUT2D eigenvalue weighted by Crippen LogP contribution is 2.04. The molecule has 5 amide bonds. The van der Waals surface area contributed by atoms with Crippen LogP contribution in [-0.4, -0.2) is 42.4 Å². The normalized spacial score (nSPS) is 13.1. The van der Waals surface area contributed by atoms with Crippen LogP contribution in [-0.2, 0) is 14.4 Å². The lowest BCUT2D eigenvalue weighted by atomic mass is 10.0. The molecule has 0 rings (SSSR count). The molecule has 0 aliphatic rings. The van der Waals surface area contributed by atoms with E-state index < -0.39 is 29.9 Å². The largest absolute Gasteiger partial charge is 0.351 e. The number of rotatable bonds is 8. The summed E-state index contributed by atoms with van der Waals surface area (Å²) in [5.74, 6) is -1.74. The van der Waals surface area contributed by atoms with Crippen molar-refractivity contribution in [1.82, 2.24) is 16.0 Å². The monoisotopic (exact) mass is 315 g/mol. The average molecular weight is 315 g/mol. The number of carbonyl (C=O) groups is 4. The lowest BCUT2D eigenvalue weighted by molar-refractivity contribution is -0.132. The molecule has 0 aromatic heterocycles. The van der Waals surface area contributed by atoms with Crippen molar-refractivity contribution in [3.05, 3.63) is 0 Å². The van der Waals surface area contributed by atoms with Crippen LogP contribution in [0.25, 0.3) is 0 Å². The minimum atomic E-state index is -1.00. The zero-order valence-electron chi connectivity index (χ0n) is 13.1. The number of imide groups is 1. The fourth-order valence-corrected chi connectivity index (χ4v) is 1.81. The third-order valence-corrected chi connectivity index (χ3v) is 2.88. The summed E-state index contributed by atoms with van der Waals surface area (Å²) in [5.41, 5.74) is 10.3. The van der Waals surface area contributed by atoms with Crippen LogP contribution in [0, 0.1) is 5.92 Å². The Kier molecular flexibility index (Phi) is 8.76. The molecule has 0 radical (unpaired) electrons. The van der Waals surface area contributed by atoms with Crippen LogP contribution in [0.2, 0.25) is 0 Å². The molecule has 9 nitrogen and oxygen atoms in total. The topological polar surface area (TPSA) is 156 Å². The van der Waals surface area contributed by atoms with E-state index in [1.165, 1.54) is 6.92 Å². The smallest absolute Gasteiger partial charge is 0.318 e. The van der Waals surface area contributed by atoms with Crippen molar-refractivity contribution in [3.8, 4) is 0 Å². The van der Waals surface area contributed by atoms with Gasteiger partial charge in [0.15, 0.2) is 0 Å². The second-order valence-electron chi connectivity index (χ2n) is 5.27. The van der Waals surface area contributed by atoms with Gasteiger partial charge in [0, 0.05) is 6.92 Å². The van der Waals surface area contributed by atoms with E-state index in [2.05, 4.69) is 10.6 Å². The van der Waals surface area contributed by atoms with Crippen molar-refractivity contribution in [2.45, 2.75) is 45.7 Å². The first kappa shape index (κ1) is 19.8. The Balaban J connectivity index is 4.93. The molecule has 22 heavy (non-hydrogen) atoms. The number of hydrogen-bond acceptors (Lipinski definition) is 5. The second-order valence-corrected chi connectivity index (χ2v) is 5.27. The molecule has 0 saturated carbocycles. The van der Waals surface area contributed by atoms with Crippen LogP contribution in [0.4, 0.5) is 4.79 Å². The Bertz CT molecular complexity index is 425. The van der Waals surface area contributed by atoms with Gasteiger partial charge in [0.1, 0.15) is 12.1 Å². The molecule has 126 valence electrons. The van der Waals surface area contributed by atoms with E-state index in [9.17, 15) is 19.2 Å². The van der Waals surface area contributed by atoms with E-state index in [1.54, 1.807) is 13.8 Å². The summed E-state index contributed by atoms with van der Waals surface area (Å²) in [7, 11) is 0. The minimum absolute atomic E-state index is 0.168. The number of nitrogens with two attached hydrogens (primary N) is 2. The van der Waals surface area contributed by atoms with Crippen molar-refractivity contribution in [3.63, 3.8) is 0 Å². The zero-order valence-corrected chi connectivity index (χ0v) is 13.1. The lowest BCUT2D eigenvalue weighted by Crippen LogP contribution is -2.56. The molecule has 0 fully saturated rings. The molecule has 0 heterocycles. The summed E-state index contributed by atoms with van der Waals surface area (Å²) in [6.45, 7) is 5.15. The Labute approximate surface area is 129 Å². The number of amides is 5. The first-order valence-corrected chi connectivity index (χ1v) is 7.06. The highest BCUT2D eigenvalue weighted by Gasteiger charge is 2.28. The summed E-state index contributed by atoms with van der Waals surface area (Å²) < 4.78 is 0. The van der Waals surface area contributed by atoms with Gasteiger partial charge < -0.3 is 22.1 Å². The van der Waals surface area contributed by atoms with E-state index in [4.69, 9.17) is 11.5 Å². The van der Waals surface area contributed by atoms with Gasteiger partial charge in [0.2, 0.25) is 11.8 Å². The molecule has 7 N–H and O–H groups in total. The number of primary amides is 1. The second kappa shape index (κ2) is 9.72. The highest BCUT2D eigenvalue weighted by molar-refractivity contribution is 5.98. The Hall–Kier alpha value is -2.16. The van der Waals surface area contributed by atoms with E-state index >= 15 is 0 Å². The quantitative estimate of drug-likeness (QED) is 0.371. The number of carbonyl (C=O) groups excluding carboxylic acids is 4. The van der Waals surface area contributed by atoms with Crippen molar-refractivity contribution < 1.29 is 19.2 Å². The summed E-state index contributed by atoms with van der Waals surface area (Å²) >= 11 is 0. The number of hydrogen-bond donors (Lipinski definition) is 5. The van der Waals surface area contributed by atoms with E-state index in [-0.39, 0.29) is 18.2 Å². The van der Waals surface area contributed by atoms with Crippen LogP contribution in [0.1, 0.15) is 33.6 Å². The predicted octanol–water partition coefficient (Wildman–Crippen LogP) is -1.43. The van der Waals surface area contributed by atoms with E-state index in [1.807, 2.05) is 5.32 Å². The fraction of sp³-hybridized carbons (Fsp3) is 0.692. The summed E-state index contributed by atoms with van der Waals surface area (Å²) in [6, 6.07) is -2.72. The molecule has 0 bridgehead atoms. The Morgan fingerprint density at radius 2 is 1.64 bits per heavy atom. The molecular formula is C13H25N5O4. The zero-order chi connectivity index (χ0) is 17.3. The predicted molar refractivity (Wildman–Crippen MR) is 80.4 cm³/mol. The molecule has 2 atom stereocenters. The van der Waals surface area contributed by atoms with Gasteiger partial charge in [-0.1, -0.05) is 13.8 Å². The average Bonchev–Trinajstić information content (AvgIpc) is 2.38. The molecule has 0 aromatic carbocycles. The Morgan fingerprint density at radius 3 is 2.05 bits per heavy atom. The van der Waals surface area contributed by atoms with Crippen molar-refractivity contribution >= 4 is 23.8 Å². The molecule has 0 spiro atoms. The van der Waals surface area contributed by atoms with Crippen LogP contribution >= 0.6 is 0 Å². The van der Waals surface area contributed by atoms with Gasteiger partial charge in [0.05, 0.1) is 0 Å². The number of urea groups is 1. The molecule has 0 saturated heterocycles. The van der Waals surface area contributed by atoms with Crippen LogP contribution in [0.15, 0.2) is 0 Å². The SMILES string of the molecule is CC(=O)N[C@H](C(=O)N[C@@H](CCCN)C(=O)NC(N)=O)C(C)C. The van der Waals surface area contributed by atoms with E-state index in [0.29, 0.717) is 13.0 Å². The maximum Gasteiger partial charge on any atom is 0.318 e. The standard InChI is InChI=1S/C13H25N5O4/c1-7(2)10(16-8(3)19)12(21)17-9(5-4-6-14)11(20)18-13(15)22/h7,9-10H,4-6,14H2,1-3H3,(H,16,19)(H,17,21)(H3,15,18,20,22)/t9-,10-/m0/s1. The van der Waals surface area contributed by atoms with Gasteiger partial charge in [-0.25, -0.2) is 4.79 Å². The van der Waals surface area contributed by atoms with Gasteiger partial charge in [-0.05, 0) is 25.3 Å². The van der Waals surface area contributed by atoms with Crippen LogP contribution in [0.3, 0.4) is 0 Å². The minimum Gasteiger partial charge on any atom is -0.351 e. The van der Waals surface area contributed by atoms with Crippen molar-refractivity contribution in [2.24, 2.45) is 17.4 Å². The van der Waals surface area contributed by atoms with Crippen molar-refractivity contribution in [2.75, 3.05) is 6.54 Å². The van der Waals surface area contributed by atoms with Gasteiger partial charge >= 0.3 is 6.03 Å². The number of nitrogens with one attached hydrogen (secondary N) is 3. The summed E-state index contributed by atoms with van der Waals surface area (Å²) in [4.78, 5) is 46.0. The first-order chi connectivity index (χ1) is 10.2. The fourth-order valence-electron chi connectivity index (χ4n) is 1.81. The maximum absolute atomic E-state index is 12.2. The summed E-state index contributed by atoms with van der Waals surface area (Å²) in [6.07, 6.45) is 0.732. The van der Waals surface area contributed by atoms with Crippen LogP contribution in [0.5, 0.6) is 0 Å². The molecule has 9 heteroatoms. The third kappa shape index (κ3) is 7.58. The molecular weight excluding hydrogens is 290 g/mol. The van der Waals surface area contributed by atoms with Gasteiger partial charge in [0.25, 0.3) is 5.91 Å². The third-order valence-electron chi connectivity index (χ3n) is 2.88. The van der Waals surface area contributed by atoms with Crippen molar-refractivity contribution in [1.29, 1.82) is 0 Å². The molecule has 0 aliphatic heterocycles. The van der Waals surface area contributed by atoms with E-state index in [0.717, 1.165) is 0 Å².